The fraction of sp³-hybridized carbons (Fsp3) is 0.611. The van der Waals surface area contributed by atoms with Crippen LogP contribution in [0.3, 0.4) is 0 Å². The molecular weight excluding hydrogens is 349 g/mol. The van der Waals surface area contributed by atoms with Crippen LogP contribution in [0.4, 0.5) is 0 Å². The fourth-order valence-corrected chi connectivity index (χ4v) is 1.32. The Morgan fingerprint density at radius 3 is 2.00 bits per heavy atom. The van der Waals surface area contributed by atoms with Gasteiger partial charge in [-0.2, -0.15) is 5.26 Å². The molecule has 1 radical (unpaired) electrons. The van der Waals surface area contributed by atoms with Gasteiger partial charge in [0.25, 0.3) is 0 Å². The summed E-state index contributed by atoms with van der Waals surface area (Å²) in [6, 6.07) is 10.3. The first-order valence-corrected chi connectivity index (χ1v) is 6.35. The van der Waals surface area contributed by atoms with E-state index < -0.39 is 0 Å². The van der Waals surface area contributed by atoms with Crippen LogP contribution in [0.25, 0.3) is 0 Å². The number of aliphatic hydroxyl groups is 1. The molecule has 0 atom stereocenters. The molecule has 0 aliphatic rings. The van der Waals surface area contributed by atoms with Gasteiger partial charge in [0.15, 0.2) is 0 Å². The van der Waals surface area contributed by atoms with Crippen molar-refractivity contribution in [2.45, 2.75) is 61.9 Å². The molecule has 22 heavy (non-hydrogen) atoms. The Kier molecular flexibility index (Phi) is 31.4. The summed E-state index contributed by atoms with van der Waals surface area (Å²) in [5.41, 5.74) is 1.97. The molecule has 0 unspecified atom stereocenters. The molecule has 0 aliphatic heterocycles. The smallest absolute Gasteiger partial charge is 0.0991 e. The molecule has 0 aromatic heterocycles. The van der Waals surface area contributed by atoms with E-state index in [4.69, 9.17) is 10.4 Å². The molecule has 2 N–H and O–H groups in total. The predicted molar refractivity (Wildman–Crippen MR) is 95.7 cm³/mol. The molecule has 0 bridgehead atoms. The average Bonchev–Trinajstić information content (AvgIpc) is 2.37. The van der Waals surface area contributed by atoms with Crippen molar-refractivity contribution in [1.29, 1.82) is 5.26 Å². The normalized spacial score (nSPS) is 8.09. The third-order valence-corrected chi connectivity index (χ3v) is 2.35. The summed E-state index contributed by atoms with van der Waals surface area (Å²) >= 11 is 0. The van der Waals surface area contributed by atoms with Gasteiger partial charge in [0.05, 0.1) is 18.2 Å². The molecule has 1 aromatic carbocycles. The van der Waals surface area contributed by atoms with E-state index in [1.807, 2.05) is 24.3 Å². The molecule has 0 saturated heterocycles. The first kappa shape index (κ1) is 33.4. The van der Waals surface area contributed by atoms with Gasteiger partial charge in [0.2, 0.25) is 0 Å². The van der Waals surface area contributed by atoms with E-state index in [0.29, 0.717) is 18.5 Å². The Balaban J connectivity index is -0.0000000793. The van der Waals surface area contributed by atoms with Crippen molar-refractivity contribution in [3.8, 4) is 6.07 Å². The second kappa shape index (κ2) is 20.7. The molecule has 0 amide bonds. The minimum atomic E-state index is 0. The van der Waals surface area contributed by atoms with Crippen LogP contribution in [-0.4, -0.2) is 24.3 Å². The first-order valence-electron chi connectivity index (χ1n) is 6.35. The number of hydrogen-bond acceptors (Lipinski definition) is 3. The minimum absolute atomic E-state index is 0. The van der Waals surface area contributed by atoms with Gasteiger partial charge in [-0.15, -0.1) is 0 Å². The minimum Gasteiger partial charge on any atom is -0.395 e. The number of nitriles is 1. The van der Waals surface area contributed by atoms with Crippen molar-refractivity contribution in [3.05, 3.63) is 35.4 Å². The third kappa shape index (κ3) is 17.8. The molecule has 0 fully saturated rings. The van der Waals surface area contributed by atoms with E-state index in [1.54, 1.807) is 0 Å². The fourth-order valence-electron chi connectivity index (χ4n) is 1.32. The van der Waals surface area contributed by atoms with Crippen molar-refractivity contribution >= 4 is 0 Å². The second-order valence-corrected chi connectivity index (χ2v) is 4.72. The van der Waals surface area contributed by atoms with E-state index >= 15 is 0 Å². The second-order valence-electron chi connectivity index (χ2n) is 4.72. The molecule has 1 rings (SSSR count). The summed E-state index contributed by atoms with van der Waals surface area (Å²) in [7, 11) is 0. The van der Waals surface area contributed by atoms with Crippen LogP contribution in [0.2, 0.25) is 0 Å². The number of rotatable bonds is 4. The maximum absolute atomic E-state index is 8.59. The van der Waals surface area contributed by atoms with Crippen LogP contribution in [0.15, 0.2) is 24.3 Å². The van der Waals surface area contributed by atoms with Crippen molar-refractivity contribution in [1.82, 2.24) is 5.32 Å². The Hall–Kier alpha value is -0.266. The van der Waals surface area contributed by atoms with Crippen molar-refractivity contribution in [2.75, 3.05) is 13.2 Å². The molecule has 3 nitrogen and oxygen atoms in total. The van der Waals surface area contributed by atoms with Gasteiger partial charge in [0.1, 0.15) is 0 Å². The summed E-state index contributed by atoms with van der Waals surface area (Å²) in [5, 5.41) is 19.9. The molecule has 0 aliphatic carbocycles. The summed E-state index contributed by atoms with van der Waals surface area (Å²) in [6.45, 7) is 9.29. The number of nitrogens with zero attached hydrogens (tertiary/aromatic N) is 1. The van der Waals surface area contributed by atoms with Gasteiger partial charge in [-0.3, -0.25) is 0 Å². The van der Waals surface area contributed by atoms with Crippen molar-refractivity contribution in [2.24, 2.45) is 0 Å². The Morgan fingerprint density at radius 1 is 1.14 bits per heavy atom. The topological polar surface area (TPSA) is 56.0 Å². The molecule has 0 saturated carbocycles. The molecule has 0 spiro atoms. The zero-order chi connectivity index (χ0) is 14.0. The van der Waals surface area contributed by atoms with Crippen molar-refractivity contribution in [3.63, 3.8) is 0 Å². The number of aliphatic hydroxyl groups excluding tert-OH is 1. The van der Waals surface area contributed by atoms with Gasteiger partial charge in [-0.1, -0.05) is 62.1 Å². The monoisotopic (exact) mass is 385 g/mol. The standard InChI is InChI=1S/C10H11N.C5H13NO.3CH4.Y/c1-8(2)10-5-3-4-9(6-10)7-11;1-5(2)6-3-4-7;;;;/h3-6,8H,1-2H3;5-7H,3-4H2,1-2H3;3*1H4;. The Morgan fingerprint density at radius 2 is 1.68 bits per heavy atom. The third-order valence-electron chi connectivity index (χ3n) is 2.35. The zero-order valence-corrected chi connectivity index (χ0v) is 15.2. The molecule has 1 aromatic rings. The maximum atomic E-state index is 8.59. The van der Waals surface area contributed by atoms with Crippen LogP contribution in [-0.2, 0) is 32.7 Å². The van der Waals surface area contributed by atoms with E-state index in [-0.39, 0.29) is 61.6 Å². The average molecular weight is 385 g/mol. The summed E-state index contributed by atoms with van der Waals surface area (Å²) in [6.07, 6.45) is 0. The summed E-state index contributed by atoms with van der Waals surface area (Å²) in [4.78, 5) is 0. The van der Waals surface area contributed by atoms with Gasteiger partial charge < -0.3 is 10.4 Å². The van der Waals surface area contributed by atoms with E-state index in [2.05, 4.69) is 39.1 Å². The SMILES string of the molecule is C.C.C.CC(C)NCCO.CC(C)c1cccc(C#N)c1.[Y]. The van der Waals surface area contributed by atoms with Crippen LogP contribution in [0.1, 0.15) is 67.0 Å². The van der Waals surface area contributed by atoms with Gasteiger partial charge in [0, 0.05) is 45.3 Å². The number of benzene rings is 1. The molecule has 4 heteroatoms. The quantitative estimate of drug-likeness (QED) is 0.799. The van der Waals surface area contributed by atoms with Gasteiger partial charge in [-0.25, -0.2) is 0 Å². The van der Waals surface area contributed by atoms with Gasteiger partial charge in [-0.05, 0) is 23.6 Å². The van der Waals surface area contributed by atoms with Gasteiger partial charge >= 0.3 is 0 Å². The van der Waals surface area contributed by atoms with Crippen molar-refractivity contribution < 1.29 is 37.8 Å². The van der Waals surface area contributed by atoms with Crippen LogP contribution >= 0.6 is 0 Å². The van der Waals surface area contributed by atoms with E-state index in [0.717, 1.165) is 5.56 Å². The largest absolute Gasteiger partial charge is 0.395 e. The number of nitrogens with one attached hydrogen (secondary N) is 1. The Bertz CT molecular complexity index is 374. The Labute approximate surface area is 164 Å². The maximum Gasteiger partial charge on any atom is 0.0991 e. The predicted octanol–water partition coefficient (Wildman–Crippen LogP) is 4.56. The van der Waals surface area contributed by atoms with Crippen LogP contribution in [0.5, 0.6) is 0 Å². The summed E-state index contributed by atoms with van der Waals surface area (Å²) in [5.74, 6) is 0.503. The molecular formula is C18H36N2OY. The van der Waals surface area contributed by atoms with Crippen LogP contribution in [0, 0.1) is 11.3 Å². The number of hydrogen-bond donors (Lipinski definition) is 2. The van der Waals surface area contributed by atoms with E-state index in [1.165, 1.54) is 5.56 Å². The molecule has 127 valence electrons. The summed E-state index contributed by atoms with van der Waals surface area (Å²) < 4.78 is 0. The van der Waals surface area contributed by atoms with Crippen LogP contribution < -0.4 is 5.32 Å². The molecule has 0 heterocycles. The zero-order valence-electron chi connectivity index (χ0n) is 12.4. The van der Waals surface area contributed by atoms with E-state index in [9.17, 15) is 0 Å². The first-order chi connectivity index (χ1) is 8.51.